The van der Waals surface area contributed by atoms with Crippen molar-refractivity contribution in [1.82, 2.24) is 10.6 Å². The van der Waals surface area contributed by atoms with Crippen molar-refractivity contribution in [2.75, 3.05) is 7.11 Å². The molecule has 1 aliphatic rings. The van der Waals surface area contributed by atoms with E-state index in [2.05, 4.69) is 22.8 Å². The van der Waals surface area contributed by atoms with Crippen molar-refractivity contribution >= 4 is 11.8 Å². The van der Waals surface area contributed by atoms with Crippen LogP contribution in [-0.2, 0) is 11.2 Å². The minimum Gasteiger partial charge on any atom is -0.497 e. The van der Waals surface area contributed by atoms with Crippen LogP contribution < -0.4 is 15.4 Å². The molecule has 2 atom stereocenters. The summed E-state index contributed by atoms with van der Waals surface area (Å²) in [6, 6.07) is 14.4. The minimum atomic E-state index is -0.590. The second kappa shape index (κ2) is 8.25. The Bertz CT molecular complexity index is 815. The third-order valence-corrected chi connectivity index (χ3v) is 5.04. The summed E-state index contributed by atoms with van der Waals surface area (Å²) in [5, 5.41) is 5.99. The van der Waals surface area contributed by atoms with E-state index in [1.54, 1.807) is 31.4 Å². The van der Waals surface area contributed by atoms with E-state index in [9.17, 15) is 9.59 Å². The summed E-state index contributed by atoms with van der Waals surface area (Å²) in [7, 11) is 1.58. The summed E-state index contributed by atoms with van der Waals surface area (Å²) in [5.74, 6) is 0.250. The molecule has 2 aromatic rings. The maximum absolute atomic E-state index is 12.9. The highest BCUT2D eigenvalue weighted by Gasteiger charge is 2.29. The number of ether oxygens (including phenoxy) is 1. The zero-order valence-electron chi connectivity index (χ0n) is 16.0. The lowest BCUT2D eigenvalue weighted by Gasteiger charge is -2.24. The van der Waals surface area contributed by atoms with Gasteiger partial charge in [0.05, 0.1) is 13.2 Å². The third kappa shape index (κ3) is 4.30. The van der Waals surface area contributed by atoms with Crippen LogP contribution in [0.15, 0.2) is 48.5 Å². The van der Waals surface area contributed by atoms with E-state index in [4.69, 9.17) is 4.74 Å². The molecular weight excluding hydrogens is 340 g/mol. The van der Waals surface area contributed by atoms with E-state index in [-0.39, 0.29) is 23.8 Å². The molecule has 3 rings (SSSR count). The summed E-state index contributed by atoms with van der Waals surface area (Å²) >= 11 is 0. The molecule has 0 spiro atoms. The monoisotopic (exact) mass is 366 g/mol. The van der Waals surface area contributed by atoms with Crippen LogP contribution in [0, 0.1) is 5.92 Å². The number of amides is 2. The average Bonchev–Trinajstić information content (AvgIpc) is 3.08. The molecule has 0 aliphatic heterocycles. The molecule has 27 heavy (non-hydrogen) atoms. The lowest BCUT2D eigenvalue weighted by molar-refractivity contribution is -0.124. The Labute approximate surface area is 160 Å². The van der Waals surface area contributed by atoms with Gasteiger partial charge in [-0.3, -0.25) is 9.59 Å². The second-order valence-corrected chi connectivity index (χ2v) is 7.22. The van der Waals surface area contributed by atoms with Crippen LogP contribution in [0.3, 0.4) is 0 Å². The Kier molecular flexibility index (Phi) is 5.79. The standard InChI is InChI=1S/C22H26N2O3/c1-14(2)20(24-21(25)16-8-11-17(27-3)12-9-16)22(26)23-19-13-10-15-6-4-5-7-18(15)19/h4-9,11-12,14,19-20H,10,13H2,1-3H3,(H,23,26)(H,24,25)/t19-,20-/m1/s1. The topological polar surface area (TPSA) is 67.4 Å². The fourth-order valence-corrected chi connectivity index (χ4v) is 3.47. The Morgan fingerprint density at radius 1 is 1.07 bits per heavy atom. The lowest BCUT2D eigenvalue weighted by atomic mass is 10.0. The molecule has 0 bridgehead atoms. The van der Waals surface area contributed by atoms with Crippen molar-refractivity contribution in [3.05, 3.63) is 65.2 Å². The van der Waals surface area contributed by atoms with Crippen molar-refractivity contribution in [2.24, 2.45) is 5.92 Å². The van der Waals surface area contributed by atoms with Gasteiger partial charge in [-0.05, 0) is 54.2 Å². The van der Waals surface area contributed by atoms with Gasteiger partial charge in [-0.1, -0.05) is 38.1 Å². The van der Waals surface area contributed by atoms with Crippen molar-refractivity contribution in [2.45, 2.75) is 38.8 Å². The molecule has 0 unspecified atom stereocenters. The Morgan fingerprint density at radius 2 is 1.78 bits per heavy atom. The first-order valence-electron chi connectivity index (χ1n) is 9.32. The van der Waals surface area contributed by atoms with E-state index < -0.39 is 6.04 Å². The van der Waals surface area contributed by atoms with Gasteiger partial charge in [0.25, 0.3) is 5.91 Å². The number of nitrogens with one attached hydrogen (secondary N) is 2. The molecule has 5 heteroatoms. The van der Waals surface area contributed by atoms with Crippen molar-refractivity contribution < 1.29 is 14.3 Å². The highest BCUT2D eigenvalue weighted by atomic mass is 16.5. The molecule has 0 radical (unpaired) electrons. The van der Waals surface area contributed by atoms with Gasteiger partial charge in [0.2, 0.25) is 5.91 Å². The van der Waals surface area contributed by atoms with Crippen LogP contribution in [0.1, 0.15) is 47.8 Å². The lowest BCUT2D eigenvalue weighted by Crippen LogP contribution is -2.50. The number of aryl methyl sites for hydroxylation is 1. The van der Waals surface area contributed by atoms with E-state index in [1.165, 1.54) is 11.1 Å². The van der Waals surface area contributed by atoms with E-state index in [0.717, 1.165) is 12.8 Å². The number of fused-ring (bicyclic) bond motifs is 1. The van der Waals surface area contributed by atoms with Gasteiger partial charge in [0.15, 0.2) is 0 Å². The molecule has 2 amide bonds. The molecule has 1 aliphatic carbocycles. The molecule has 142 valence electrons. The maximum Gasteiger partial charge on any atom is 0.251 e. The van der Waals surface area contributed by atoms with Crippen LogP contribution in [0.5, 0.6) is 5.75 Å². The van der Waals surface area contributed by atoms with Crippen LogP contribution >= 0.6 is 0 Å². The molecule has 0 saturated heterocycles. The van der Waals surface area contributed by atoms with Crippen LogP contribution in [-0.4, -0.2) is 25.0 Å². The Hall–Kier alpha value is -2.82. The van der Waals surface area contributed by atoms with Gasteiger partial charge in [0.1, 0.15) is 11.8 Å². The quantitative estimate of drug-likeness (QED) is 0.825. The van der Waals surface area contributed by atoms with Crippen molar-refractivity contribution in [3.8, 4) is 5.75 Å². The smallest absolute Gasteiger partial charge is 0.251 e. The molecule has 0 saturated carbocycles. The predicted octanol–water partition coefficient (Wildman–Crippen LogP) is 3.25. The largest absolute Gasteiger partial charge is 0.497 e. The number of hydrogen-bond donors (Lipinski definition) is 2. The second-order valence-electron chi connectivity index (χ2n) is 7.22. The fourth-order valence-electron chi connectivity index (χ4n) is 3.47. The first-order valence-corrected chi connectivity index (χ1v) is 9.32. The molecule has 2 N–H and O–H groups in total. The van der Waals surface area contributed by atoms with Gasteiger partial charge < -0.3 is 15.4 Å². The first-order chi connectivity index (χ1) is 13.0. The summed E-state index contributed by atoms with van der Waals surface area (Å²) in [4.78, 5) is 25.4. The predicted molar refractivity (Wildman–Crippen MR) is 105 cm³/mol. The van der Waals surface area contributed by atoms with Crippen molar-refractivity contribution in [1.29, 1.82) is 0 Å². The normalized spacial score (nSPS) is 16.5. The van der Waals surface area contributed by atoms with E-state index in [0.29, 0.717) is 11.3 Å². The number of carbonyl (C=O) groups excluding carboxylic acids is 2. The van der Waals surface area contributed by atoms with Gasteiger partial charge in [-0.15, -0.1) is 0 Å². The van der Waals surface area contributed by atoms with Gasteiger partial charge in [-0.25, -0.2) is 0 Å². The zero-order chi connectivity index (χ0) is 19.4. The average molecular weight is 366 g/mol. The highest BCUT2D eigenvalue weighted by Crippen LogP contribution is 2.30. The summed E-state index contributed by atoms with van der Waals surface area (Å²) < 4.78 is 5.11. The SMILES string of the molecule is COc1ccc(C(=O)N[C@@H](C(=O)N[C@@H]2CCc3ccccc32)C(C)C)cc1. The van der Waals surface area contributed by atoms with E-state index >= 15 is 0 Å². The van der Waals surface area contributed by atoms with E-state index in [1.807, 2.05) is 26.0 Å². The number of hydrogen-bond acceptors (Lipinski definition) is 3. The maximum atomic E-state index is 12.9. The van der Waals surface area contributed by atoms with Crippen LogP contribution in [0.2, 0.25) is 0 Å². The van der Waals surface area contributed by atoms with Gasteiger partial charge >= 0.3 is 0 Å². The highest BCUT2D eigenvalue weighted by molar-refractivity contribution is 5.97. The first kappa shape index (κ1) is 19.0. The van der Waals surface area contributed by atoms with Crippen molar-refractivity contribution in [3.63, 3.8) is 0 Å². The Morgan fingerprint density at radius 3 is 2.44 bits per heavy atom. The fraction of sp³-hybridized carbons (Fsp3) is 0.364. The Balaban J connectivity index is 1.68. The van der Waals surface area contributed by atoms with Gasteiger partial charge in [0, 0.05) is 5.56 Å². The summed E-state index contributed by atoms with van der Waals surface area (Å²) in [6.45, 7) is 3.86. The van der Waals surface area contributed by atoms with Crippen LogP contribution in [0.4, 0.5) is 0 Å². The van der Waals surface area contributed by atoms with Crippen LogP contribution in [0.25, 0.3) is 0 Å². The zero-order valence-corrected chi connectivity index (χ0v) is 16.0. The summed E-state index contributed by atoms with van der Waals surface area (Å²) in [5.41, 5.74) is 2.96. The molecule has 5 nitrogen and oxygen atoms in total. The minimum absolute atomic E-state index is 0.00726. The molecule has 0 heterocycles. The third-order valence-electron chi connectivity index (χ3n) is 5.04. The molecule has 0 aromatic heterocycles. The molecule has 0 fully saturated rings. The molecule has 2 aromatic carbocycles. The number of rotatable bonds is 6. The summed E-state index contributed by atoms with van der Waals surface area (Å²) in [6.07, 6.45) is 1.86. The molecular formula is C22H26N2O3. The number of methoxy groups -OCH3 is 1. The van der Waals surface area contributed by atoms with Gasteiger partial charge in [-0.2, -0.15) is 0 Å². The number of benzene rings is 2. The number of carbonyl (C=O) groups is 2.